The van der Waals surface area contributed by atoms with Crippen LogP contribution >= 0.6 is 66.8 Å². The number of amides is 2. The van der Waals surface area contributed by atoms with Gasteiger partial charge in [0.2, 0.25) is 0 Å². The first kappa shape index (κ1) is 25.3. The molecule has 1 fully saturated rings. The maximum atomic E-state index is 12.9. The SMILES string of the molecule is Cc1cccc(COc2c(Br)cc(/C=C3\SC(=O)N(Cc4ccc(Cl)cc4Cl)C3=O)cc2Br)c1. The van der Waals surface area contributed by atoms with Crippen molar-refractivity contribution in [1.82, 2.24) is 4.90 Å². The lowest BCUT2D eigenvalue weighted by Crippen LogP contribution is -2.27. The van der Waals surface area contributed by atoms with Crippen LogP contribution in [0, 0.1) is 6.92 Å². The van der Waals surface area contributed by atoms with Gasteiger partial charge in [-0.2, -0.15) is 0 Å². The molecule has 0 atom stereocenters. The van der Waals surface area contributed by atoms with Crippen molar-refractivity contribution < 1.29 is 14.3 Å². The van der Waals surface area contributed by atoms with Crippen LogP contribution in [-0.4, -0.2) is 16.0 Å². The molecule has 0 saturated carbocycles. The van der Waals surface area contributed by atoms with Gasteiger partial charge in [-0.1, -0.05) is 59.1 Å². The van der Waals surface area contributed by atoms with Gasteiger partial charge in [-0.05, 0) is 97.6 Å². The van der Waals surface area contributed by atoms with E-state index >= 15 is 0 Å². The molecule has 1 saturated heterocycles. The Morgan fingerprint density at radius 2 is 1.76 bits per heavy atom. The van der Waals surface area contributed by atoms with Crippen molar-refractivity contribution in [2.75, 3.05) is 0 Å². The summed E-state index contributed by atoms with van der Waals surface area (Å²) in [5, 5.41) is 0.549. The highest BCUT2D eigenvalue weighted by atomic mass is 79.9. The molecule has 174 valence electrons. The van der Waals surface area contributed by atoms with Crippen LogP contribution in [-0.2, 0) is 17.9 Å². The number of imide groups is 1. The lowest BCUT2D eigenvalue weighted by Gasteiger charge is -2.14. The number of halogens is 4. The molecule has 4 rings (SSSR count). The van der Waals surface area contributed by atoms with E-state index in [-0.39, 0.29) is 17.7 Å². The molecule has 3 aromatic rings. The summed E-state index contributed by atoms with van der Waals surface area (Å²) >= 11 is 20.2. The summed E-state index contributed by atoms with van der Waals surface area (Å²) in [6.45, 7) is 2.54. The number of carbonyl (C=O) groups is 2. The van der Waals surface area contributed by atoms with Gasteiger partial charge < -0.3 is 4.74 Å². The fourth-order valence-corrected chi connectivity index (χ4v) is 6.12. The highest BCUT2D eigenvalue weighted by Gasteiger charge is 2.35. The molecule has 1 heterocycles. The molecule has 0 radical (unpaired) electrons. The van der Waals surface area contributed by atoms with Gasteiger partial charge in [0.05, 0.1) is 20.4 Å². The molecule has 1 aliphatic rings. The molecule has 0 aromatic heterocycles. The van der Waals surface area contributed by atoms with Crippen molar-refractivity contribution in [2.45, 2.75) is 20.1 Å². The molecule has 34 heavy (non-hydrogen) atoms. The van der Waals surface area contributed by atoms with E-state index in [0.29, 0.717) is 32.9 Å². The predicted octanol–water partition coefficient (Wildman–Crippen LogP) is 8.64. The highest BCUT2D eigenvalue weighted by molar-refractivity contribution is 9.11. The van der Waals surface area contributed by atoms with Crippen molar-refractivity contribution >= 4 is 84.0 Å². The fourth-order valence-electron chi connectivity index (χ4n) is 3.37. The van der Waals surface area contributed by atoms with Crippen LogP contribution in [0.15, 0.2) is 68.4 Å². The molecule has 4 nitrogen and oxygen atoms in total. The number of carbonyl (C=O) groups excluding carboxylic acids is 2. The zero-order valence-corrected chi connectivity index (χ0v) is 23.3. The van der Waals surface area contributed by atoms with Crippen molar-refractivity contribution in [3.8, 4) is 5.75 Å². The Morgan fingerprint density at radius 1 is 1.03 bits per heavy atom. The zero-order chi connectivity index (χ0) is 24.4. The summed E-state index contributed by atoms with van der Waals surface area (Å²) in [7, 11) is 0. The van der Waals surface area contributed by atoms with Crippen molar-refractivity contribution in [3.63, 3.8) is 0 Å². The summed E-state index contributed by atoms with van der Waals surface area (Å²) in [4.78, 5) is 27.0. The summed E-state index contributed by atoms with van der Waals surface area (Å²) in [6.07, 6.45) is 1.69. The third-order valence-electron chi connectivity index (χ3n) is 5.00. The van der Waals surface area contributed by atoms with Crippen LogP contribution in [0.1, 0.15) is 22.3 Å². The number of hydrogen-bond donors (Lipinski definition) is 0. The summed E-state index contributed by atoms with van der Waals surface area (Å²) in [5.74, 6) is 0.289. The van der Waals surface area contributed by atoms with Gasteiger partial charge in [0.1, 0.15) is 12.4 Å². The second-order valence-electron chi connectivity index (χ2n) is 7.59. The molecule has 0 N–H and O–H groups in total. The minimum atomic E-state index is -0.368. The van der Waals surface area contributed by atoms with Crippen molar-refractivity contribution in [2.24, 2.45) is 0 Å². The molecule has 1 aliphatic heterocycles. The Balaban J connectivity index is 1.51. The Labute approximate surface area is 228 Å². The van der Waals surface area contributed by atoms with Crippen LogP contribution in [0.3, 0.4) is 0 Å². The maximum absolute atomic E-state index is 12.9. The van der Waals surface area contributed by atoms with Gasteiger partial charge in [-0.15, -0.1) is 0 Å². The Bertz CT molecular complexity index is 1310. The topological polar surface area (TPSA) is 46.6 Å². The van der Waals surface area contributed by atoms with E-state index in [4.69, 9.17) is 27.9 Å². The smallest absolute Gasteiger partial charge is 0.293 e. The molecule has 3 aromatic carbocycles. The molecular weight excluding hydrogens is 625 g/mol. The number of ether oxygens (including phenoxy) is 1. The maximum Gasteiger partial charge on any atom is 0.293 e. The second-order valence-corrected chi connectivity index (χ2v) is 11.1. The zero-order valence-electron chi connectivity index (χ0n) is 17.8. The van der Waals surface area contributed by atoms with Crippen LogP contribution in [0.4, 0.5) is 4.79 Å². The van der Waals surface area contributed by atoms with Gasteiger partial charge in [0.15, 0.2) is 0 Å². The molecule has 0 bridgehead atoms. The molecular formula is C25H17Br2Cl2NO3S. The van der Waals surface area contributed by atoms with Gasteiger partial charge in [-0.3, -0.25) is 14.5 Å². The van der Waals surface area contributed by atoms with E-state index in [1.165, 1.54) is 10.5 Å². The van der Waals surface area contributed by atoms with Gasteiger partial charge in [0, 0.05) is 10.0 Å². The number of benzene rings is 3. The normalized spacial score (nSPS) is 14.9. The number of nitrogens with zero attached hydrogens (tertiary/aromatic N) is 1. The van der Waals surface area contributed by atoms with E-state index in [0.717, 1.165) is 31.8 Å². The van der Waals surface area contributed by atoms with Crippen LogP contribution in [0.25, 0.3) is 6.08 Å². The Morgan fingerprint density at radius 3 is 2.44 bits per heavy atom. The monoisotopic (exact) mass is 639 g/mol. The quantitative estimate of drug-likeness (QED) is 0.253. The second kappa shape index (κ2) is 10.9. The molecule has 2 amide bonds. The fraction of sp³-hybridized carbons (Fsp3) is 0.120. The van der Waals surface area contributed by atoms with Gasteiger partial charge in [0.25, 0.3) is 11.1 Å². The first-order valence-electron chi connectivity index (χ1n) is 10.1. The molecule has 9 heteroatoms. The van der Waals surface area contributed by atoms with E-state index in [9.17, 15) is 9.59 Å². The van der Waals surface area contributed by atoms with Crippen LogP contribution in [0.2, 0.25) is 10.0 Å². The number of rotatable bonds is 6. The number of hydrogen-bond acceptors (Lipinski definition) is 4. The molecule has 0 spiro atoms. The lowest BCUT2D eigenvalue weighted by molar-refractivity contribution is -0.123. The predicted molar refractivity (Wildman–Crippen MR) is 145 cm³/mol. The average molecular weight is 642 g/mol. The van der Waals surface area contributed by atoms with E-state index < -0.39 is 0 Å². The minimum absolute atomic E-state index is 0.0805. The minimum Gasteiger partial charge on any atom is -0.487 e. The summed E-state index contributed by atoms with van der Waals surface area (Å²) in [6, 6.07) is 16.8. The van der Waals surface area contributed by atoms with Crippen molar-refractivity contribution in [3.05, 3.63) is 101 Å². The Hall–Kier alpha value is -1.77. The lowest BCUT2D eigenvalue weighted by atomic mass is 10.1. The number of thioether (sulfide) groups is 1. The Kier molecular flexibility index (Phi) is 8.10. The summed E-state index contributed by atoms with van der Waals surface area (Å²) in [5.41, 5.74) is 3.63. The largest absolute Gasteiger partial charge is 0.487 e. The van der Waals surface area contributed by atoms with Crippen LogP contribution < -0.4 is 4.74 Å². The third-order valence-corrected chi connectivity index (χ3v) is 7.67. The third kappa shape index (κ3) is 5.89. The van der Waals surface area contributed by atoms with E-state index in [2.05, 4.69) is 37.9 Å². The van der Waals surface area contributed by atoms with Gasteiger partial charge >= 0.3 is 0 Å². The van der Waals surface area contributed by atoms with E-state index in [1.807, 2.05) is 37.3 Å². The van der Waals surface area contributed by atoms with Crippen LogP contribution in [0.5, 0.6) is 5.75 Å². The first-order valence-corrected chi connectivity index (χ1v) is 13.2. The van der Waals surface area contributed by atoms with Crippen molar-refractivity contribution in [1.29, 1.82) is 0 Å². The van der Waals surface area contributed by atoms with Gasteiger partial charge in [-0.25, -0.2) is 0 Å². The average Bonchev–Trinajstić information content (AvgIpc) is 3.02. The summed E-state index contributed by atoms with van der Waals surface area (Å²) < 4.78 is 7.46. The van der Waals surface area contributed by atoms with E-state index in [1.54, 1.807) is 24.3 Å². The molecule has 0 aliphatic carbocycles. The standard InChI is InChI=1S/C25H17Br2Cl2NO3S/c1-14-3-2-4-15(7-14)13-33-23-19(26)8-16(9-20(23)27)10-22-24(31)30(25(32)34-22)12-17-5-6-18(28)11-21(17)29/h2-11H,12-13H2,1H3/b22-10-. The first-order chi connectivity index (χ1) is 16.2. The molecule has 0 unspecified atom stereocenters. The number of aryl methyl sites for hydroxylation is 1. The highest BCUT2D eigenvalue weighted by Crippen LogP contribution is 2.39.